The topological polar surface area (TPSA) is 32.5 Å². The molecule has 2 aliphatic heterocycles. The number of nitrogens with two attached hydrogens (primary N) is 1. The zero-order chi connectivity index (χ0) is 14.1. The molecular weight excluding hydrogens is 246 g/mol. The third-order valence-electron chi connectivity index (χ3n) is 5.27. The number of nitrogens with zero attached hydrogens (tertiary/aromatic N) is 2. The van der Waals surface area contributed by atoms with E-state index in [-0.39, 0.29) is 0 Å². The lowest BCUT2D eigenvalue weighted by atomic mass is 10.0. The second-order valence-electron chi connectivity index (χ2n) is 6.54. The minimum atomic E-state index is 0.638. The predicted molar refractivity (Wildman–Crippen MR) is 83.5 cm³/mol. The Morgan fingerprint density at radius 1 is 1.20 bits per heavy atom. The van der Waals surface area contributed by atoms with Gasteiger partial charge in [0.2, 0.25) is 0 Å². The Balaban J connectivity index is 1.69. The zero-order valence-electron chi connectivity index (χ0n) is 12.8. The molecule has 2 bridgehead atoms. The van der Waals surface area contributed by atoms with Crippen LogP contribution < -0.4 is 5.73 Å². The first-order chi connectivity index (χ1) is 9.67. The second kappa shape index (κ2) is 5.84. The molecule has 0 aliphatic carbocycles. The van der Waals surface area contributed by atoms with Crippen LogP contribution in [0.25, 0.3) is 0 Å². The van der Waals surface area contributed by atoms with Gasteiger partial charge in [0, 0.05) is 38.3 Å². The van der Waals surface area contributed by atoms with Gasteiger partial charge in [0.15, 0.2) is 0 Å². The molecule has 0 saturated carbocycles. The van der Waals surface area contributed by atoms with Crippen molar-refractivity contribution in [3.63, 3.8) is 0 Å². The maximum Gasteiger partial charge on any atom is 0.0237 e. The third kappa shape index (κ3) is 2.76. The lowest BCUT2D eigenvalue weighted by Gasteiger charge is -2.26. The molecule has 2 N–H and O–H groups in total. The summed E-state index contributed by atoms with van der Waals surface area (Å²) in [5.41, 5.74) is 9.80. The standard InChI is InChI=1S/C17H27N3/c1-13-9-14(10-18)3-4-15(13)11-20-8-7-16-5-6-17(12-20)19(16)2/h3-4,9,16-17H,5-8,10-12,18H2,1-2H3. The Kier molecular flexibility index (Phi) is 4.11. The molecule has 0 spiro atoms. The van der Waals surface area contributed by atoms with Crippen molar-refractivity contribution in [2.24, 2.45) is 5.73 Å². The summed E-state index contributed by atoms with van der Waals surface area (Å²) in [5, 5.41) is 0. The first-order valence-electron chi connectivity index (χ1n) is 7.90. The van der Waals surface area contributed by atoms with Crippen LogP contribution in [0.5, 0.6) is 0 Å². The van der Waals surface area contributed by atoms with Crippen molar-refractivity contribution in [3.05, 3.63) is 34.9 Å². The lowest BCUT2D eigenvalue weighted by molar-refractivity contribution is 0.214. The van der Waals surface area contributed by atoms with E-state index in [1.165, 1.54) is 49.0 Å². The third-order valence-corrected chi connectivity index (χ3v) is 5.27. The van der Waals surface area contributed by atoms with Crippen LogP contribution in [0.4, 0.5) is 0 Å². The number of fused-ring (bicyclic) bond motifs is 2. The van der Waals surface area contributed by atoms with E-state index in [1.54, 1.807) is 0 Å². The normalized spacial score (nSPS) is 27.8. The van der Waals surface area contributed by atoms with Crippen molar-refractivity contribution in [1.82, 2.24) is 9.80 Å². The van der Waals surface area contributed by atoms with Gasteiger partial charge < -0.3 is 5.73 Å². The maximum atomic E-state index is 5.71. The number of hydrogen-bond donors (Lipinski definition) is 1. The molecule has 2 heterocycles. The van der Waals surface area contributed by atoms with E-state index < -0.39 is 0 Å². The fraction of sp³-hybridized carbons (Fsp3) is 0.647. The molecule has 3 nitrogen and oxygen atoms in total. The summed E-state index contributed by atoms with van der Waals surface area (Å²) in [6.07, 6.45) is 4.11. The SMILES string of the molecule is Cc1cc(CN)ccc1CN1CCC2CCC(C1)N2C. The second-order valence-corrected chi connectivity index (χ2v) is 6.54. The molecule has 1 aromatic carbocycles. The number of hydrogen-bond acceptors (Lipinski definition) is 3. The van der Waals surface area contributed by atoms with Gasteiger partial charge in [-0.25, -0.2) is 0 Å². The Bertz CT molecular complexity index is 471. The van der Waals surface area contributed by atoms with Gasteiger partial charge in [-0.15, -0.1) is 0 Å². The van der Waals surface area contributed by atoms with Crippen LogP contribution in [-0.2, 0) is 13.1 Å². The summed E-state index contributed by atoms with van der Waals surface area (Å²) in [5.74, 6) is 0. The van der Waals surface area contributed by atoms with Crippen LogP contribution in [0.2, 0.25) is 0 Å². The summed E-state index contributed by atoms with van der Waals surface area (Å²) in [4.78, 5) is 5.26. The van der Waals surface area contributed by atoms with E-state index in [4.69, 9.17) is 5.73 Å². The highest BCUT2D eigenvalue weighted by molar-refractivity contribution is 5.31. The van der Waals surface area contributed by atoms with Crippen molar-refractivity contribution in [2.75, 3.05) is 20.1 Å². The summed E-state index contributed by atoms with van der Waals surface area (Å²) in [7, 11) is 2.31. The fourth-order valence-corrected chi connectivity index (χ4v) is 3.83. The van der Waals surface area contributed by atoms with Crippen LogP contribution in [0, 0.1) is 6.92 Å². The van der Waals surface area contributed by atoms with Crippen molar-refractivity contribution in [3.8, 4) is 0 Å². The van der Waals surface area contributed by atoms with Gasteiger partial charge in [-0.1, -0.05) is 18.2 Å². The number of rotatable bonds is 3. The molecule has 0 radical (unpaired) electrons. The van der Waals surface area contributed by atoms with Crippen LogP contribution in [0.1, 0.15) is 36.0 Å². The minimum absolute atomic E-state index is 0.638. The van der Waals surface area contributed by atoms with Crippen molar-refractivity contribution >= 4 is 0 Å². The maximum absolute atomic E-state index is 5.71. The average molecular weight is 273 g/mol. The first-order valence-corrected chi connectivity index (χ1v) is 7.90. The summed E-state index contributed by atoms with van der Waals surface area (Å²) in [6, 6.07) is 8.28. The molecule has 3 heteroatoms. The molecule has 0 aromatic heterocycles. The molecule has 2 saturated heterocycles. The summed E-state index contributed by atoms with van der Waals surface area (Å²) >= 11 is 0. The molecule has 2 fully saturated rings. The Labute approximate surface area is 122 Å². The molecule has 20 heavy (non-hydrogen) atoms. The van der Waals surface area contributed by atoms with Gasteiger partial charge in [0.05, 0.1) is 0 Å². The predicted octanol–water partition coefficient (Wildman–Crippen LogP) is 2.12. The van der Waals surface area contributed by atoms with Gasteiger partial charge in [0.1, 0.15) is 0 Å². The van der Waals surface area contributed by atoms with Gasteiger partial charge >= 0.3 is 0 Å². The zero-order valence-corrected chi connectivity index (χ0v) is 12.8. The van der Waals surface area contributed by atoms with Gasteiger partial charge in [-0.2, -0.15) is 0 Å². The quantitative estimate of drug-likeness (QED) is 0.915. The van der Waals surface area contributed by atoms with Crippen LogP contribution in [-0.4, -0.2) is 42.0 Å². The fourth-order valence-electron chi connectivity index (χ4n) is 3.83. The lowest BCUT2D eigenvalue weighted by Crippen LogP contribution is -2.36. The smallest absolute Gasteiger partial charge is 0.0237 e. The molecule has 1 aromatic rings. The molecule has 3 rings (SSSR count). The van der Waals surface area contributed by atoms with Crippen LogP contribution >= 0.6 is 0 Å². The van der Waals surface area contributed by atoms with Crippen molar-refractivity contribution in [2.45, 2.75) is 51.4 Å². The van der Waals surface area contributed by atoms with Gasteiger partial charge in [-0.05, 0) is 49.9 Å². The molecular formula is C17H27N3. The van der Waals surface area contributed by atoms with E-state index in [1.807, 2.05) is 0 Å². The van der Waals surface area contributed by atoms with E-state index in [0.717, 1.165) is 18.6 Å². The minimum Gasteiger partial charge on any atom is -0.326 e. The number of likely N-dealkylation sites (tertiary alicyclic amines) is 1. The van der Waals surface area contributed by atoms with Crippen molar-refractivity contribution < 1.29 is 0 Å². The highest BCUT2D eigenvalue weighted by Gasteiger charge is 2.34. The van der Waals surface area contributed by atoms with E-state index in [2.05, 4.69) is 42.0 Å². The van der Waals surface area contributed by atoms with Gasteiger partial charge in [-0.3, -0.25) is 9.80 Å². The highest BCUT2D eigenvalue weighted by atomic mass is 15.3. The number of likely N-dealkylation sites (N-methyl/N-ethyl adjacent to an activating group) is 1. The Morgan fingerprint density at radius 3 is 2.75 bits per heavy atom. The average Bonchev–Trinajstić information content (AvgIpc) is 2.69. The molecule has 2 aliphatic rings. The Hall–Kier alpha value is -0.900. The highest BCUT2D eigenvalue weighted by Crippen LogP contribution is 2.29. The molecule has 2 atom stereocenters. The largest absolute Gasteiger partial charge is 0.326 e. The number of aryl methyl sites for hydroxylation is 1. The summed E-state index contributed by atoms with van der Waals surface area (Å²) in [6.45, 7) is 6.41. The van der Waals surface area contributed by atoms with E-state index >= 15 is 0 Å². The van der Waals surface area contributed by atoms with Gasteiger partial charge in [0.25, 0.3) is 0 Å². The Morgan fingerprint density at radius 2 is 2.00 bits per heavy atom. The van der Waals surface area contributed by atoms with Crippen LogP contribution in [0.15, 0.2) is 18.2 Å². The van der Waals surface area contributed by atoms with E-state index in [9.17, 15) is 0 Å². The molecule has 0 amide bonds. The first kappa shape index (κ1) is 14.1. The van der Waals surface area contributed by atoms with Crippen LogP contribution in [0.3, 0.4) is 0 Å². The summed E-state index contributed by atoms with van der Waals surface area (Å²) < 4.78 is 0. The molecule has 2 unspecified atom stereocenters. The monoisotopic (exact) mass is 273 g/mol. The number of benzene rings is 1. The van der Waals surface area contributed by atoms with Crippen molar-refractivity contribution in [1.29, 1.82) is 0 Å². The van der Waals surface area contributed by atoms with E-state index in [0.29, 0.717) is 6.54 Å². The molecule has 110 valence electrons.